The summed E-state index contributed by atoms with van der Waals surface area (Å²) in [5.41, 5.74) is 0.816. The minimum absolute atomic E-state index is 0.196. The van der Waals surface area contributed by atoms with Gasteiger partial charge < -0.3 is 0 Å². The first-order valence-electron chi connectivity index (χ1n) is 7.20. The molecule has 0 bridgehead atoms. The lowest BCUT2D eigenvalue weighted by molar-refractivity contribution is 0.0790. The largest absolute Gasteiger partial charge is 0.253 e. The van der Waals surface area contributed by atoms with Crippen LogP contribution in [0.4, 0.5) is 0 Å². The quantitative estimate of drug-likeness (QED) is 0.925. The number of piperidine rings is 1. The predicted molar refractivity (Wildman–Crippen MR) is 80.7 cm³/mol. The lowest BCUT2D eigenvalue weighted by atomic mass is 10.0. The molecule has 0 radical (unpaired) electrons. The number of hydrogen-bond donors (Lipinski definition) is 1. The summed E-state index contributed by atoms with van der Waals surface area (Å²) >= 11 is 0. The monoisotopic (exact) mass is 307 g/mol. The molecule has 0 saturated carbocycles. The van der Waals surface area contributed by atoms with Crippen molar-refractivity contribution in [1.29, 1.82) is 5.26 Å². The van der Waals surface area contributed by atoms with E-state index in [2.05, 4.69) is 4.83 Å². The van der Waals surface area contributed by atoms with E-state index < -0.39 is 10.0 Å². The Morgan fingerprint density at radius 3 is 2.33 bits per heavy atom. The molecule has 0 spiro atoms. The molecular formula is C15H21N3O2S. The molecule has 5 nitrogen and oxygen atoms in total. The fourth-order valence-electron chi connectivity index (χ4n) is 2.67. The highest BCUT2D eigenvalue weighted by Crippen LogP contribution is 2.22. The maximum Gasteiger partial charge on any atom is 0.253 e. The van der Waals surface area contributed by atoms with Crippen molar-refractivity contribution >= 4 is 10.0 Å². The minimum Gasteiger partial charge on any atom is -0.225 e. The van der Waals surface area contributed by atoms with Crippen molar-refractivity contribution in [3.05, 3.63) is 29.8 Å². The molecule has 0 aromatic heterocycles. The van der Waals surface area contributed by atoms with Gasteiger partial charge in [0.2, 0.25) is 0 Å². The van der Waals surface area contributed by atoms with Gasteiger partial charge in [-0.25, -0.2) is 13.4 Å². The molecule has 1 aliphatic heterocycles. The van der Waals surface area contributed by atoms with Crippen LogP contribution in [-0.4, -0.2) is 25.5 Å². The van der Waals surface area contributed by atoms with Crippen LogP contribution in [0.15, 0.2) is 29.2 Å². The van der Waals surface area contributed by atoms with Gasteiger partial charge in [-0.2, -0.15) is 5.26 Å². The van der Waals surface area contributed by atoms with Crippen molar-refractivity contribution in [3.8, 4) is 6.07 Å². The summed E-state index contributed by atoms with van der Waals surface area (Å²) in [4.78, 5) is 2.93. The third kappa shape index (κ3) is 3.82. The van der Waals surface area contributed by atoms with Gasteiger partial charge in [0.05, 0.1) is 17.4 Å². The van der Waals surface area contributed by atoms with Gasteiger partial charge in [-0.05, 0) is 44.4 Å². The Morgan fingerprint density at radius 2 is 1.81 bits per heavy atom. The summed E-state index contributed by atoms with van der Waals surface area (Å²) in [5.74, 6) is 0. The maximum atomic E-state index is 12.4. The van der Waals surface area contributed by atoms with Gasteiger partial charge in [-0.15, -0.1) is 4.83 Å². The zero-order chi connectivity index (χ0) is 15.5. The maximum absolute atomic E-state index is 12.4. The molecule has 1 saturated heterocycles. The van der Waals surface area contributed by atoms with Crippen LogP contribution in [0.25, 0.3) is 0 Å². The number of sulfonamides is 1. The summed E-state index contributed by atoms with van der Waals surface area (Å²) in [7, 11) is -3.56. The van der Waals surface area contributed by atoms with Crippen molar-refractivity contribution in [3.63, 3.8) is 0 Å². The zero-order valence-corrected chi connectivity index (χ0v) is 13.2. The Morgan fingerprint density at radius 1 is 1.24 bits per heavy atom. The normalized spacial score (nSPS) is 23.7. The van der Waals surface area contributed by atoms with Crippen LogP contribution in [0.2, 0.25) is 0 Å². The molecule has 0 amide bonds. The lowest BCUT2D eigenvalue weighted by Crippen LogP contribution is -2.53. The van der Waals surface area contributed by atoms with E-state index in [1.807, 2.05) is 24.9 Å². The van der Waals surface area contributed by atoms with Gasteiger partial charge in [-0.3, -0.25) is 0 Å². The lowest BCUT2D eigenvalue weighted by Gasteiger charge is -2.38. The first kappa shape index (κ1) is 16.0. The molecule has 0 aliphatic carbocycles. The van der Waals surface area contributed by atoms with Crippen molar-refractivity contribution in [1.82, 2.24) is 9.84 Å². The van der Waals surface area contributed by atoms with Crippen LogP contribution >= 0.6 is 0 Å². The van der Waals surface area contributed by atoms with E-state index in [0.29, 0.717) is 0 Å². The number of hydrogen-bond acceptors (Lipinski definition) is 4. The van der Waals surface area contributed by atoms with E-state index in [4.69, 9.17) is 5.26 Å². The predicted octanol–water partition coefficient (Wildman–Crippen LogP) is 2.21. The van der Waals surface area contributed by atoms with Gasteiger partial charge in [0, 0.05) is 12.1 Å². The Kier molecular flexibility index (Phi) is 4.99. The highest BCUT2D eigenvalue weighted by molar-refractivity contribution is 7.89. The minimum atomic E-state index is -3.56. The molecule has 1 N–H and O–H groups in total. The van der Waals surface area contributed by atoms with Gasteiger partial charge in [0.25, 0.3) is 10.0 Å². The molecule has 6 heteroatoms. The average molecular weight is 307 g/mol. The number of nitriles is 1. The molecule has 2 unspecified atom stereocenters. The second kappa shape index (κ2) is 6.56. The first-order valence-corrected chi connectivity index (χ1v) is 8.69. The van der Waals surface area contributed by atoms with Crippen LogP contribution in [0.3, 0.4) is 0 Å². The standard InChI is InChI=1S/C15H21N3O2S/c1-12-4-3-5-13(2)18(12)17-21(19,20)15-8-6-14(7-9-15)10-11-16/h6-9,12-13,17H,3-5,10H2,1-2H3. The first-order chi connectivity index (χ1) is 9.94. The summed E-state index contributed by atoms with van der Waals surface area (Å²) in [6.45, 7) is 4.07. The molecule has 114 valence electrons. The van der Waals surface area contributed by atoms with Crippen molar-refractivity contribution < 1.29 is 8.42 Å². The second-order valence-electron chi connectivity index (χ2n) is 5.61. The van der Waals surface area contributed by atoms with Crippen LogP contribution in [-0.2, 0) is 16.4 Å². The van der Waals surface area contributed by atoms with Crippen LogP contribution in [0.5, 0.6) is 0 Å². The van der Waals surface area contributed by atoms with E-state index in [1.54, 1.807) is 24.3 Å². The highest BCUT2D eigenvalue weighted by Gasteiger charge is 2.29. The van der Waals surface area contributed by atoms with E-state index >= 15 is 0 Å². The van der Waals surface area contributed by atoms with Crippen molar-refractivity contribution in [2.75, 3.05) is 0 Å². The Hall–Kier alpha value is -1.42. The smallest absolute Gasteiger partial charge is 0.225 e. The van der Waals surface area contributed by atoms with Gasteiger partial charge in [0.15, 0.2) is 0 Å². The average Bonchev–Trinajstić information content (AvgIpc) is 2.44. The molecule has 1 heterocycles. The molecular weight excluding hydrogens is 286 g/mol. The number of hydrazine groups is 1. The Labute approximate surface area is 126 Å². The van der Waals surface area contributed by atoms with Gasteiger partial charge in [-0.1, -0.05) is 18.6 Å². The third-order valence-electron chi connectivity index (χ3n) is 3.94. The third-order valence-corrected chi connectivity index (χ3v) is 5.28. The Bertz CT molecular complexity index is 609. The van der Waals surface area contributed by atoms with Crippen LogP contribution in [0, 0.1) is 11.3 Å². The molecule has 21 heavy (non-hydrogen) atoms. The van der Waals surface area contributed by atoms with E-state index in [1.165, 1.54) is 0 Å². The topological polar surface area (TPSA) is 73.2 Å². The Balaban J connectivity index is 2.16. The van der Waals surface area contributed by atoms with E-state index in [-0.39, 0.29) is 23.4 Å². The molecule has 2 rings (SSSR count). The second-order valence-corrected chi connectivity index (χ2v) is 7.27. The van der Waals surface area contributed by atoms with E-state index in [0.717, 1.165) is 24.8 Å². The van der Waals surface area contributed by atoms with Crippen molar-refractivity contribution in [2.45, 2.75) is 56.5 Å². The molecule has 1 aromatic carbocycles. The molecule has 1 aromatic rings. The van der Waals surface area contributed by atoms with Gasteiger partial charge >= 0.3 is 0 Å². The fourth-order valence-corrected chi connectivity index (χ4v) is 3.91. The zero-order valence-electron chi connectivity index (χ0n) is 12.4. The summed E-state index contributed by atoms with van der Waals surface area (Å²) < 4.78 is 24.9. The van der Waals surface area contributed by atoms with Crippen molar-refractivity contribution in [2.24, 2.45) is 0 Å². The summed E-state index contributed by atoms with van der Waals surface area (Å²) in [6.07, 6.45) is 3.40. The SMILES string of the molecule is CC1CCCC(C)N1NS(=O)(=O)c1ccc(CC#N)cc1. The summed E-state index contributed by atoms with van der Waals surface area (Å²) in [5, 5.41) is 10.5. The molecule has 2 atom stereocenters. The molecule has 1 aliphatic rings. The van der Waals surface area contributed by atoms with Crippen LogP contribution in [0.1, 0.15) is 38.7 Å². The van der Waals surface area contributed by atoms with E-state index in [9.17, 15) is 8.42 Å². The number of nitrogens with one attached hydrogen (secondary N) is 1. The molecule has 1 fully saturated rings. The van der Waals surface area contributed by atoms with Gasteiger partial charge in [0.1, 0.15) is 0 Å². The number of benzene rings is 1. The highest BCUT2D eigenvalue weighted by atomic mass is 32.2. The fraction of sp³-hybridized carbons (Fsp3) is 0.533. The van der Waals surface area contributed by atoms with Crippen LogP contribution < -0.4 is 4.83 Å². The number of nitrogens with zero attached hydrogens (tertiary/aromatic N) is 2. The summed E-state index contributed by atoms with van der Waals surface area (Å²) in [6, 6.07) is 8.90. The number of rotatable bonds is 4.